The molecule has 0 fully saturated rings. The molecule has 2 aliphatic carbocycles. The molecular weight excluding hydrogens is 831 g/mol. The quantitative estimate of drug-likeness (QED) is 0.147. The van der Waals surface area contributed by atoms with Gasteiger partial charge in [-0.25, -0.2) is 0 Å². The molecule has 69 heavy (non-hydrogen) atoms. The van der Waals surface area contributed by atoms with E-state index in [-0.39, 0.29) is 5.41 Å². The monoisotopic (exact) mass is 879 g/mol. The fourth-order valence-electron chi connectivity index (χ4n) is 12.0. The Balaban J connectivity index is 1.02. The van der Waals surface area contributed by atoms with Gasteiger partial charge in [-0.15, -0.1) is 0 Å². The maximum atomic E-state index is 2.52. The molecule has 11 aromatic rings. The minimum atomic E-state index is -0.534. The van der Waals surface area contributed by atoms with Crippen LogP contribution in [0, 0.1) is 0 Å². The minimum absolute atomic E-state index is 0.0774. The second-order valence-corrected chi connectivity index (χ2v) is 19.2. The summed E-state index contributed by atoms with van der Waals surface area (Å²) in [7, 11) is 0. The Kier molecular flexibility index (Phi) is 9.49. The largest absolute Gasteiger partial charge is 0.309 e. The highest BCUT2D eigenvalue weighted by atomic mass is 15.1. The molecule has 1 nitrogen and oxygen atoms in total. The molecule has 11 aromatic carbocycles. The van der Waals surface area contributed by atoms with Crippen molar-refractivity contribution in [3.63, 3.8) is 0 Å². The second kappa shape index (κ2) is 16.1. The molecule has 0 atom stereocenters. The van der Waals surface area contributed by atoms with Crippen LogP contribution in [0.25, 0.3) is 66.4 Å². The van der Waals surface area contributed by atoms with E-state index in [4.69, 9.17) is 0 Å². The van der Waals surface area contributed by atoms with Crippen LogP contribution >= 0.6 is 0 Å². The van der Waals surface area contributed by atoms with E-state index in [1.165, 1.54) is 88.7 Å². The molecule has 0 aromatic heterocycles. The second-order valence-electron chi connectivity index (χ2n) is 19.2. The number of benzene rings is 11. The van der Waals surface area contributed by atoms with Crippen LogP contribution in [0.1, 0.15) is 47.2 Å². The Bertz CT molecular complexity index is 3700. The molecule has 0 amide bonds. The van der Waals surface area contributed by atoms with Gasteiger partial charge in [0.05, 0.1) is 16.8 Å². The van der Waals surface area contributed by atoms with Crippen molar-refractivity contribution in [2.24, 2.45) is 0 Å². The van der Waals surface area contributed by atoms with E-state index < -0.39 is 5.41 Å². The summed E-state index contributed by atoms with van der Waals surface area (Å²) >= 11 is 0. The molecule has 0 heterocycles. The number of anilines is 3. The molecule has 1 heteroatoms. The van der Waals surface area contributed by atoms with Gasteiger partial charge in [0.15, 0.2) is 0 Å². The van der Waals surface area contributed by atoms with Crippen LogP contribution in [0.15, 0.2) is 261 Å². The normalized spacial score (nSPS) is 13.6. The van der Waals surface area contributed by atoms with Crippen LogP contribution in [0.4, 0.5) is 17.1 Å². The van der Waals surface area contributed by atoms with Crippen molar-refractivity contribution >= 4 is 27.8 Å². The molecule has 2 aliphatic rings. The first-order chi connectivity index (χ1) is 34.0. The summed E-state index contributed by atoms with van der Waals surface area (Å²) in [5.74, 6) is 0. The summed E-state index contributed by atoms with van der Waals surface area (Å²) in [6, 6.07) is 96.9. The van der Waals surface area contributed by atoms with Crippen LogP contribution in [0.2, 0.25) is 0 Å². The Hall–Kier alpha value is -8.52. The maximum Gasteiger partial charge on any atom is 0.0714 e. The van der Waals surface area contributed by atoms with E-state index in [9.17, 15) is 0 Å². The third-order valence-corrected chi connectivity index (χ3v) is 15.2. The van der Waals surface area contributed by atoms with Crippen LogP contribution in [0.3, 0.4) is 0 Å². The smallest absolute Gasteiger partial charge is 0.0714 e. The lowest BCUT2D eigenvalue weighted by molar-refractivity contribution is 0.660. The molecule has 0 radical (unpaired) electrons. The molecule has 0 N–H and O–H groups in total. The van der Waals surface area contributed by atoms with Crippen molar-refractivity contribution in [3.05, 3.63) is 294 Å². The molecule has 13 rings (SSSR count). The average molecular weight is 880 g/mol. The van der Waals surface area contributed by atoms with Gasteiger partial charge in [0.25, 0.3) is 0 Å². The molecular formula is C68H49N. The number of para-hydroxylation sites is 1. The highest BCUT2D eigenvalue weighted by molar-refractivity contribution is 6.01. The number of fused-ring (bicyclic) bond motifs is 7. The Morgan fingerprint density at radius 3 is 1.59 bits per heavy atom. The van der Waals surface area contributed by atoms with E-state index in [2.05, 4.69) is 280 Å². The lowest BCUT2D eigenvalue weighted by atomic mass is 9.68. The fourth-order valence-corrected chi connectivity index (χ4v) is 12.0. The number of hydrogen-bond donors (Lipinski definition) is 0. The zero-order chi connectivity index (χ0) is 46.1. The molecule has 0 saturated carbocycles. The van der Waals surface area contributed by atoms with Gasteiger partial charge in [-0.3, -0.25) is 0 Å². The summed E-state index contributed by atoms with van der Waals surface area (Å²) in [6.45, 7) is 4.72. The highest BCUT2D eigenvalue weighted by Crippen LogP contribution is 2.60. The summed E-state index contributed by atoms with van der Waals surface area (Å²) < 4.78 is 0. The molecule has 326 valence electrons. The Morgan fingerprint density at radius 1 is 0.304 bits per heavy atom. The van der Waals surface area contributed by atoms with Gasteiger partial charge in [0.2, 0.25) is 0 Å². The third-order valence-electron chi connectivity index (χ3n) is 15.2. The standard InChI is InChI=1S/C68H49N/c1-67(2)60-33-14-11-30-57(60)58-43-40-48(45-63(58)67)46-38-41-53(42-39-46)69(64-36-16-13-29-56(64)50-23-17-22-49(44-50)55-32-18-21-47-20-9-10-28-54(47)55)65-37-19-35-62-66(65)59-31-12-15-34-61(59)68(62,51-24-5-3-6-25-51)52-26-7-4-8-27-52/h3-45H,1-2H3. The van der Waals surface area contributed by atoms with Gasteiger partial charge in [-0.1, -0.05) is 238 Å². The molecule has 0 unspecified atom stereocenters. The van der Waals surface area contributed by atoms with E-state index in [0.717, 1.165) is 28.2 Å². The summed E-state index contributed by atoms with van der Waals surface area (Å²) in [6.07, 6.45) is 0. The van der Waals surface area contributed by atoms with Crippen LogP contribution < -0.4 is 4.90 Å². The molecule has 0 saturated heterocycles. The van der Waals surface area contributed by atoms with Crippen molar-refractivity contribution in [1.82, 2.24) is 0 Å². The number of rotatable bonds is 8. The number of nitrogens with zero attached hydrogens (tertiary/aromatic N) is 1. The fraction of sp³-hybridized carbons (Fsp3) is 0.0588. The van der Waals surface area contributed by atoms with Gasteiger partial charge < -0.3 is 4.90 Å². The van der Waals surface area contributed by atoms with Gasteiger partial charge >= 0.3 is 0 Å². The zero-order valence-corrected chi connectivity index (χ0v) is 38.8. The minimum Gasteiger partial charge on any atom is -0.309 e. The molecule has 0 aliphatic heterocycles. The van der Waals surface area contributed by atoms with E-state index in [1.54, 1.807) is 0 Å². The van der Waals surface area contributed by atoms with Gasteiger partial charge in [-0.2, -0.15) is 0 Å². The zero-order valence-electron chi connectivity index (χ0n) is 38.8. The predicted molar refractivity (Wildman–Crippen MR) is 290 cm³/mol. The maximum absolute atomic E-state index is 2.52. The first kappa shape index (κ1) is 40.7. The summed E-state index contributed by atoms with van der Waals surface area (Å²) in [4.78, 5) is 2.52. The summed E-state index contributed by atoms with van der Waals surface area (Å²) in [5, 5.41) is 2.49. The van der Waals surface area contributed by atoms with E-state index in [0.29, 0.717) is 0 Å². The van der Waals surface area contributed by atoms with Crippen molar-refractivity contribution in [2.45, 2.75) is 24.7 Å². The predicted octanol–water partition coefficient (Wildman–Crippen LogP) is 18.0. The van der Waals surface area contributed by atoms with Crippen LogP contribution in [0.5, 0.6) is 0 Å². The van der Waals surface area contributed by atoms with Crippen LogP contribution in [-0.4, -0.2) is 0 Å². The van der Waals surface area contributed by atoms with E-state index >= 15 is 0 Å². The van der Waals surface area contributed by atoms with Crippen LogP contribution in [-0.2, 0) is 10.8 Å². The van der Waals surface area contributed by atoms with Crippen molar-refractivity contribution in [1.29, 1.82) is 0 Å². The van der Waals surface area contributed by atoms with Gasteiger partial charge in [-0.05, 0) is 125 Å². The number of hydrogen-bond acceptors (Lipinski definition) is 1. The summed E-state index contributed by atoms with van der Waals surface area (Å²) in [5.41, 5.74) is 22.9. The lowest BCUT2D eigenvalue weighted by Gasteiger charge is -2.34. The van der Waals surface area contributed by atoms with Gasteiger partial charge in [0, 0.05) is 22.2 Å². The topological polar surface area (TPSA) is 3.24 Å². The van der Waals surface area contributed by atoms with Crippen molar-refractivity contribution in [2.75, 3.05) is 4.90 Å². The average Bonchev–Trinajstić information content (AvgIpc) is 3.85. The highest BCUT2D eigenvalue weighted by Gasteiger charge is 2.47. The first-order valence-electron chi connectivity index (χ1n) is 24.2. The Labute approximate surface area is 405 Å². The Morgan fingerprint density at radius 2 is 0.826 bits per heavy atom. The SMILES string of the molecule is CC1(C)c2ccccc2-c2ccc(-c3ccc(N(c4ccccc4-c4cccc(-c5cccc6ccccc56)c4)c4cccc5c4-c4ccccc4C5(c4ccccc4)c4ccccc4)cc3)cc21. The van der Waals surface area contributed by atoms with Crippen molar-refractivity contribution in [3.8, 4) is 55.6 Å². The first-order valence-corrected chi connectivity index (χ1v) is 24.2. The molecule has 0 spiro atoms. The van der Waals surface area contributed by atoms with Crippen molar-refractivity contribution < 1.29 is 0 Å². The molecule has 0 bridgehead atoms. The third kappa shape index (κ3) is 6.31. The van der Waals surface area contributed by atoms with Gasteiger partial charge in [0.1, 0.15) is 0 Å². The van der Waals surface area contributed by atoms with E-state index in [1.807, 2.05) is 0 Å². The lowest BCUT2D eigenvalue weighted by Crippen LogP contribution is -2.28.